The number of anilines is 3. The van der Waals surface area contributed by atoms with E-state index in [9.17, 15) is 13.2 Å². The van der Waals surface area contributed by atoms with Gasteiger partial charge in [0.05, 0.1) is 15.1 Å². The molecular weight excluding hydrogens is 536 g/mol. The van der Waals surface area contributed by atoms with Crippen molar-refractivity contribution < 1.29 is 13.2 Å². The van der Waals surface area contributed by atoms with Crippen molar-refractivity contribution in [2.24, 2.45) is 0 Å². The van der Waals surface area contributed by atoms with Crippen molar-refractivity contribution in [2.75, 3.05) is 15.4 Å². The summed E-state index contributed by atoms with van der Waals surface area (Å²) in [5.74, 6) is 0. The molecule has 34 heavy (non-hydrogen) atoms. The molecule has 170 valence electrons. The van der Waals surface area contributed by atoms with Crippen LogP contribution in [0.5, 0.6) is 0 Å². The van der Waals surface area contributed by atoms with Gasteiger partial charge < -0.3 is 10.6 Å². The number of carbonyl (C=O) groups excluding carboxylic acids is 1. The van der Waals surface area contributed by atoms with E-state index in [0.29, 0.717) is 16.9 Å². The first kappa shape index (κ1) is 22.3. The molecule has 0 unspecified atom stereocenters. The number of nitrogens with one attached hydrogen (secondary N) is 3. The molecule has 3 N–H and O–H groups in total. The second-order valence-electron chi connectivity index (χ2n) is 7.40. The molecule has 0 aliphatic carbocycles. The third-order valence-corrected chi connectivity index (χ3v) is 7.93. The van der Waals surface area contributed by atoms with Gasteiger partial charge in [-0.25, -0.2) is 18.2 Å². The van der Waals surface area contributed by atoms with Crippen molar-refractivity contribution in [2.45, 2.75) is 4.90 Å². The second-order valence-corrected chi connectivity index (χ2v) is 11.0. The Morgan fingerprint density at radius 3 is 2.32 bits per heavy atom. The number of urea groups is 1. The van der Waals surface area contributed by atoms with Crippen LogP contribution in [-0.4, -0.2) is 19.4 Å². The van der Waals surface area contributed by atoms with Crippen molar-refractivity contribution in [1.29, 1.82) is 0 Å². The van der Waals surface area contributed by atoms with Gasteiger partial charge in [-0.3, -0.25) is 4.72 Å². The zero-order valence-electron chi connectivity index (χ0n) is 17.4. The number of rotatable bonds is 5. The van der Waals surface area contributed by atoms with Crippen molar-refractivity contribution in [3.63, 3.8) is 0 Å². The summed E-state index contributed by atoms with van der Waals surface area (Å²) >= 11 is 4.55. The van der Waals surface area contributed by atoms with Crippen LogP contribution in [0, 0.1) is 0 Å². The van der Waals surface area contributed by atoms with Crippen molar-refractivity contribution >= 4 is 80.8 Å². The monoisotopic (exact) mass is 552 g/mol. The van der Waals surface area contributed by atoms with E-state index in [-0.39, 0.29) is 16.1 Å². The molecule has 0 atom stereocenters. The Hall–Kier alpha value is -3.47. The highest BCUT2D eigenvalue weighted by Crippen LogP contribution is 2.30. The molecule has 0 bridgehead atoms. The maximum Gasteiger partial charge on any atom is 0.323 e. The molecule has 0 aliphatic rings. The molecule has 0 saturated carbocycles. The highest BCUT2D eigenvalue weighted by Gasteiger charge is 2.17. The van der Waals surface area contributed by atoms with Crippen LogP contribution in [0.4, 0.5) is 21.3 Å². The third-order valence-electron chi connectivity index (χ3n) is 5.00. The number of fused-ring (bicyclic) bond motifs is 2. The van der Waals surface area contributed by atoms with E-state index in [0.717, 1.165) is 19.9 Å². The van der Waals surface area contributed by atoms with Crippen LogP contribution in [0.15, 0.2) is 94.3 Å². The van der Waals surface area contributed by atoms with Gasteiger partial charge in [0.2, 0.25) is 0 Å². The third kappa shape index (κ3) is 4.89. The van der Waals surface area contributed by atoms with E-state index in [1.54, 1.807) is 48.5 Å². The standard InChI is InChI=1S/C24H17BrN4O3S2/c25-17-6-8-18(9-7-17)26-23(30)27-19-10-12-21-22(14-19)33-24(28-21)29-34(31,32)20-11-5-15-3-1-2-4-16(15)13-20/h1-14H,(H,28,29)(H2,26,27,30). The summed E-state index contributed by atoms with van der Waals surface area (Å²) < 4.78 is 30.0. The lowest BCUT2D eigenvalue weighted by Crippen LogP contribution is -2.19. The maximum absolute atomic E-state index is 12.9. The summed E-state index contributed by atoms with van der Waals surface area (Å²) in [5.41, 5.74) is 1.85. The van der Waals surface area contributed by atoms with Crippen molar-refractivity contribution in [3.05, 3.63) is 89.4 Å². The van der Waals surface area contributed by atoms with Gasteiger partial charge in [0.1, 0.15) is 0 Å². The molecule has 7 nitrogen and oxygen atoms in total. The van der Waals surface area contributed by atoms with E-state index >= 15 is 0 Å². The van der Waals surface area contributed by atoms with Crippen LogP contribution >= 0.6 is 27.3 Å². The number of carbonyl (C=O) groups is 1. The summed E-state index contributed by atoms with van der Waals surface area (Å²) in [6, 6.07) is 24.6. The zero-order valence-corrected chi connectivity index (χ0v) is 20.7. The quantitative estimate of drug-likeness (QED) is 0.227. The number of nitrogens with zero attached hydrogens (tertiary/aromatic N) is 1. The molecule has 5 rings (SSSR count). The molecule has 5 aromatic rings. The molecule has 0 aliphatic heterocycles. The lowest BCUT2D eigenvalue weighted by atomic mass is 10.1. The lowest BCUT2D eigenvalue weighted by Gasteiger charge is -2.07. The highest BCUT2D eigenvalue weighted by atomic mass is 79.9. The number of halogens is 1. The van der Waals surface area contributed by atoms with Gasteiger partial charge in [-0.2, -0.15) is 0 Å². The molecule has 1 aromatic heterocycles. The summed E-state index contributed by atoms with van der Waals surface area (Å²) in [5, 5.41) is 7.59. The average molecular weight is 553 g/mol. The average Bonchev–Trinajstić information content (AvgIpc) is 3.21. The second kappa shape index (κ2) is 9.05. The van der Waals surface area contributed by atoms with Crippen LogP contribution in [0.25, 0.3) is 21.0 Å². The van der Waals surface area contributed by atoms with E-state index in [1.807, 2.05) is 36.4 Å². The number of sulfonamides is 1. The minimum absolute atomic E-state index is 0.164. The number of amides is 2. The first-order valence-corrected chi connectivity index (χ1v) is 13.2. The Balaban J connectivity index is 1.32. The number of aromatic nitrogens is 1. The summed E-state index contributed by atoms with van der Waals surface area (Å²) in [6.45, 7) is 0. The lowest BCUT2D eigenvalue weighted by molar-refractivity contribution is 0.262. The predicted molar refractivity (Wildman–Crippen MR) is 141 cm³/mol. The van der Waals surface area contributed by atoms with Gasteiger partial charge >= 0.3 is 6.03 Å². The molecule has 0 radical (unpaired) electrons. The largest absolute Gasteiger partial charge is 0.323 e. The molecule has 1 heterocycles. The summed E-state index contributed by atoms with van der Waals surface area (Å²) in [7, 11) is -3.80. The van der Waals surface area contributed by atoms with Crippen LogP contribution < -0.4 is 15.4 Å². The normalized spacial score (nSPS) is 11.4. The van der Waals surface area contributed by atoms with Crippen LogP contribution in [0.3, 0.4) is 0 Å². The highest BCUT2D eigenvalue weighted by molar-refractivity contribution is 9.10. The van der Waals surface area contributed by atoms with Crippen molar-refractivity contribution in [1.82, 2.24) is 4.98 Å². The zero-order chi connectivity index (χ0) is 23.7. The topological polar surface area (TPSA) is 100 Å². The van der Waals surface area contributed by atoms with Gasteiger partial charge in [-0.1, -0.05) is 57.6 Å². The molecule has 0 saturated heterocycles. The Kier molecular flexibility index (Phi) is 5.94. The Labute approximate surface area is 208 Å². The molecule has 0 fully saturated rings. The van der Waals surface area contributed by atoms with E-state index < -0.39 is 10.0 Å². The molecule has 2 amide bonds. The smallest absolute Gasteiger partial charge is 0.308 e. The fourth-order valence-corrected chi connectivity index (χ4v) is 5.82. The predicted octanol–water partition coefficient (Wildman–Crippen LogP) is 6.66. The van der Waals surface area contributed by atoms with Crippen LogP contribution in [0.1, 0.15) is 0 Å². The van der Waals surface area contributed by atoms with Gasteiger partial charge in [0.25, 0.3) is 10.0 Å². The Morgan fingerprint density at radius 2 is 1.53 bits per heavy atom. The minimum atomic E-state index is -3.80. The Bertz CT molecular complexity index is 1630. The number of hydrogen-bond donors (Lipinski definition) is 3. The van der Waals surface area contributed by atoms with Gasteiger partial charge in [0, 0.05) is 15.8 Å². The molecule has 4 aromatic carbocycles. The fraction of sp³-hybridized carbons (Fsp3) is 0. The number of thiazole rings is 1. The minimum Gasteiger partial charge on any atom is -0.308 e. The van der Waals surface area contributed by atoms with Crippen LogP contribution in [0.2, 0.25) is 0 Å². The van der Waals surface area contributed by atoms with Gasteiger partial charge in [0.15, 0.2) is 5.13 Å². The number of hydrogen-bond acceptors (Lipinski definition) is 5. The first-order valence-electron chi connectivity index (χ1n) is 10.1. The SMILES string of the molecule is O=C(Nc1ccc(Br)cc1)Nc1ccc2nc(NS(=O)(=O)c3ccc4ccccc4c3)sc2c1. The number of benzene rings is 4. The fourth-order valence-electron chi connectivity index (χ4n) is 3.38. The maximum atomic E-state index is 12.9. The Morgan fingerprint density at radius 1 is 0.824 bits per heavy atom. The van der Waals surface area contributed by atoms with Gasteiger partial charge in [-0.15, -0.1) is 0 Å². The molecule has 10 heteroatoms. The van der Waals surface area contributed by atoms with E-state index in [2.05, 4.69) is 36.3 Å². The molecular formula is C24H17BrN4O3S2. The van der Waals surface area contributed by atoms with E-state index in [4.69, 9.17) is 0 Å². The molecule has 0 spiro atoms. The van der Waals surface area contributed by atoms with E-state index in [1.165, 1.54) is 11.3 Å². The summed E-state index contributed by atoms with van der Waals surface area (Å²) in [4.78, 5) is 16.8. The van der Waals surface area contributed by atoms with Crippen molar-refractivity contribution in [3.8, 4) is 0 Å². The summed E-state index contributed by atoms with van der Waals surface area (Å²) in [6.07, 6.45) is 0. The van der Waals surface area contributed by atoms with Gasteiger partial charge in [-0.05, 0) is 65.4 Å². The van der Waals surface area contributed by atoms with Crippen LogP contribution in [-0.2, 0) is 10.0 Å². The first-order chi connectivity index (χ1) is 16.4.